The van der Waals surface area contributed by atoms with E-state index in [0.717, 1.165) is 11.3 Å². The van der Waals surface area contributed by atoms with Crippen molar-refractivity contribution in [2.75, 3.05) is 19.0 Å². The van der Waals surface area contributed by atoms with Gasteiger partial charge in [-0.1, -0.05) is 0 Å². The topological polar surface area (TPSA) is 86.8 Å². The van der Waals surface area contributed by atoms with Crippen LogP contribution in [0.3, 0.4) is 0 Å². The van der Waals surface area contributed by atoms with Gasteiger partial charge in [-0.3, -0.25) is 9.89 Å². The van der Waals surface area contributed by atoms with Crippen molar-refractivity contribution < 1.29 is 4.79 Å². The average molecular weight is 272 g/mol. The third-order valence-corrected chi connectivity index (χ3v) is 2.50. The molecule has 0 saturated carbocycles. The van der Waals surface area contributed by atoms with Crippen molar-refractivity contribution in [3.05, 3.63) is 42.0 Å². The van der Waals surface area contributed by atoms with Crippen LogP contribution < -0.4 is 10.2 Å². The van der Waals surface area contributed by atoms with E-state index in [2.05, 4.69) is 25.5 Å². The minimum atomic E-state index is -0.184. The summed E-state index contributed by atoms with van der Waals surface area (Å²) in [5.74, 6) is 0.446. The number of nitrogens with zero attached hydrogens (tertiary/aromatic N) is 4. The van der Waals surface area contributed by atoms with Crippen LogP contribution in [0.15, 0.2) is 30.7 Å². The number of carbonyl (C=O) groups excluding carboxylic acids is 1. The molecule has 1 amide bonds. The summed E-state index contributed by atoms with van der Waals surface area (Å²) in [6.45, 7) is 0.416. The molecular weight excluding hydrogens is 256 g/mol. The number of aromatic nitrogens is 4. The van der Waals surface area contributed by atoms with E-state index in [1.807, 2.05) is 19.0 Å². The van der Waals surface area contributed by atoms with Crippen molar-refractivity contribution in [2.24, 2.45) is 0 Å². The fourth-order valence-electron chi connectivity index (χ4n) is 1.44. The SMILES string of the molecule is CN(C)c1ncc(C=CC(=O)NCc2ccn[nH]2)cn1. The molecule has 0 aliphatic rings. The van der Waals surface area contributed by atoms with Gasteiger partial charge in [0.05, 0.1) is 12.2 Å². The molecule has 0 fully saturated rings. The summed E-state index contributed by atoms with van der Waals surface area (Å²) in [5.41, 5.74) is 1.62. The molecule has 2 aromatic heterocycles. The molecule has 2 aromatic rings. The Morgan fingerprint density at radius 3 is 2.75 bits per heavy atom. The Morgan fingerprint density at radius 2 is 2.15 bits per heavy atom. The van der Waals surface area contributed by atoms with Crippen LogP contribution in [-0.2, 0) is 11.3 Å². The summed E-state index contributed by atoms with van der Waals surface area (Å²) in [5, 5.41) is 9.31. The molecule has 104 valence electrons. The minimum Gasteiger partial charge on any atom is -0.347 e. The fraction of sp³-hybridized carbons (Fsp3) is 0.231. The zero-order valence-corrected chi connectivity index (χ0v) is 11.4. The number of aromatic amines is 1. The van der Waals surface area contributed by atoms with E-state index in [-0.39, 0.29) is 5.91 Å². The number of hydrogen-bond acceptors (Lipinski definition) is 5. The Morgan fingerprint density at radius 1 is 1.40 bits per heavy atom. The number of H-pyrrole nitrogens is 1. The van der Waals surface area contributed by atoms with Crippen LogP contribution in [-0.4, -0.2) is 40.2 Å². The highest BCUT2D eigenvalue weighted by molar-refractivity contribution is 5.91. The van der Waals surface area contributed by atoms with Gasteiger partial charge in [-0.05, 0) is 12.1 Å². The first-order valence-electron chi connectivity index (χ1n) is 6.08. The Bertz CT molecular complexity index is 573. The summed E-state index contributed by atoms with van der Waals surface area (Å²) in [7, 11) is 3.74. The van der Waals surface area contributed by atoms with Gasteiger partial charge >= 0.3 is 0 Å². The van der Waals surface area contributed by atoms with E-state index in [4.69, 9.17) is 0 Å². The standard InChI is InChI=1S/C13H16N6O/c1-19(2)13-15-7-10(8-16-13)3-4-12(20)14-9-11-5-6-17-18-11/h3-8H,9H2,1-2H3,(H,14,20)(H,17,18). The Balaban J connectivity index is 1.86. The number of hydrogen-bond donors (Lipinski definition) is 2. The maximum Gasteiger partial charge on any atom is 0.244 e. The van der Waals surface area contributed by atoms with E-state index in [1.54, 1.807) is 30.7 Å². The second kappa shape index (κ2) is 6.46. The van der Waals surface area contributed by atoms with Crippen molar-refractivity contribution >= 4 is 17.9 Å². The molecule has 7 nitrogen and oxygen atoms in total. The molecule has 0 aliphatic carbocycles. The molecule has 7 heteroatoms. The number of carbonyl (C=O) groups is 1. The highest BCUT2D eigenvalue weighted by atomic mass is 16.1. The second-order valence-electron chi connectivity index (χ2n) is 4.34. The highest BCUT2D eigenvalue weighted by Gasteiger charge is 1.99. The molecule has 2 heterocycles. The minimum absolute atomic E-state index is 0.184. The maximum absolute atomic E-state index is 11.6. The first-order chi connectivity index (χ1) is 9.65. The lowest BCUT2D eigenvalue weighted by Crippen LogP contribution is -2.20. The van der Waals surface area contributed by atoms with Crippen LogP contribution in [0.4, 0.5) is 5.95 Å². The summed E-state index contributed by atoms with van der Waals surface area (Å²) in [4.78, 5) is 21.7. The van der Waals surface area contributed by atoms with Crippen molar-refractivity contribution in [1.29, 1.82) is 0 Å². The Hall–Kier alpha value is -2.70. The normalized spacial score (nSPS) is 10.7. The third kappa shape index (κ3) is 3.91. The smallest absolute Gasteiger partial charge is 0.244 e. The van der Waals surface area contributed by atoms with Gasteiger partial charge in [0, 0.05) is 44.3 Å². The molecule has 2 N–H and O–H groups in total. The van der Waals surface area contributed by atoms with Gasteiger partial charge in [-0.2, -0.15) is 5.10 Å². The van der Waals surface area contributed by atoms with Crippen molar-refractivity contribution in [2.45, 2.75) is 6.54 Å². The monoisotopic (exact) mass is 272 g/mol. The molecule has 20 heavy (non-hydrogen) atoms. The number of nitrogens with one attached hydrogen (secondary N) is 2. The van der Waals surface area contributed by atoms with Gasteiger partial charge in [-0.15, -0.1) is 0 Å². The summed E-state index contributed by atoms with van der Waals surface area (Å²) >= 11 is 0. The fourth-order valence-corrected chi connectivity index (χ4v) is 1.44. The van der Waals surface area contributed by atoms with Crippen molar-refractivity contribution in [3.8, 4) is 0 Å². The van der Waals surface area contributed by atoms with Gasteiger partial charge in [0.15, 0.2) is 0 Å². The van der Waals surface area contributed by atoms with E-state index in [9.17, 15) is 4.79 Å². The van der Waals surface area contributed by atoms with E-state index in [1.165, 1.54) is 6.08 Å². The molecule has 0 spiro atoms. The van der Waals surface area contributed by atoms with E-state index in [0.29, 0.717) is 12.5 Å². The summed E-state index contributed by atoms with van der Waals surface area (Å²) < 4.78 is 0. The predicted molar refractivity (Wildman–Crippen MR) is 75.8 cm³/mol. The van der Waals surface area contributed by atoms with Gasteiger partial charge in [-0.25, -0.2) is 9.97 Å². The van der Waals surface area contributed by atoms with Crippen LogP contribution in [0.25, 0.3) is 6.08 Å². The third-order valence-electron chi connectivity index (χ3n) is 2.50. The maximum atomic E-state index is 11.6. The second-order valence-corrected chi connectivity index (χ2v) is 4.34. The lowest BCUT2D eigenvalue weighted by Gasteiger charge is -2.08. The van der Waals surface area contributed by atoms with Gasteiger partial charge in [0.1, 0.15) is 0 Å². The Labute approximate surface area is 116 Å². The van der Waals surface area contributed by atoms with E-state index >= 15 is 0 Å². The first-order valence-corrected chi connectivity index (χ1v) is 6.08. The molecule has 0 aliphatic heterocycles. The van der Waals surface area contributed by atoms with Crippen LogP contribution >= 0.6 is 0 Å². The van der Waals surface area contributed by atoms with Gasteiger partial charge in [0.2, 0.25) is 11.9 Å². The van der Waals surface area contributed by atoms with Crippen LogP contribution in [0.1, 0.15) is 11.3 Å². The lowest BCUT2D eigenvalue weighted by molar-refractivity contribution is -0.116. The molecule has 0 aromatic carbocycles. The largest absolute Gasteiger partial charge is 0.347 e. The molecule has 0 bridgehead atoms. The highest BCUT2D eigenvalue weighted by Crippen LogP contribution is 2.04. The first kappa shape index (κ1) is 13.7. The average Bonchev–Trinajstić information content (AvgIpc) is 2.96. The van der Waals surface area contributed by atoms with Crippen molar-refractivity contribution in [1.82, 2.24) is 25.5 Å². The molecule has 0 saturated heterocycles. The lowest BCUT2D eigenvalue weighted by atomic mass is 10.3. The molecule has 0 atom stereocenters. The Kier molecular flexibility index (Phi) is 4.43. The van der Waals surface area contributed by atoms with E-state index < -0.39 is 0 Å². The van der Waals surface area contributed by atoms with Crippen LogP contribution in [0, 0.1) is 0 Å². The molecule has 2 rings (SSSR count). The molecular formula is C13H16N6O. The zero-order chi connectivity index (χ0) is 14.4. The zero-order valence-electron chi connectivity index (χ0n) is 11.4. The predicted octanol–water partition coefficient (Wildman–Crippen LogP) is 0.595. The number of rotatable bonds is 5. The molecule has 0 unspecified atom stereocenters. The molecule has 0 radical (unpaired) electrons. The summed E-state index contributed by atoms with van der Waals surface area (Å²) in [6.07, 6.45) is 8.09. The van der Waals surface area contributed by atoms with Gasteiger partial charge < -0.3 is 10.2 Å². The van der Waals surface area contributed by atoms with Crippen LogP contribution in [0.2, 0.25) is 0 Å². The quantitative estimate of drug-likeness (QED) is 0.778. The van der Waals surface area contributed by atoms with Crippen molar-refractivity contribution in [3.63, 3.8) is 0 Å². The number of anilines is 1. The summed E-state index contributed by atoms with van der Waals surface area (Å²) in [6, 6.07) is 1.80. The van der Waals surface area contributed by atoms with Crippen LogP contribution in [0.5, 0.6) is 0 Å². The van der Waals surface area contributed by atoms with Gasteiger partial charge in [0.25, 0.3) is 0 Å². The number of amides is 1.